The summed E-state index contributed by atoms with van der Waals surface area (Å²) in [5, 5.41) is 3.74. The van der Waals surface area contributed by atoms with Gasteiger partial charge in [0.05, 0.1) is 0 Å². The number of nitrogen functional groups attached to an aromatic ring is 1. The molecule has 0 atom stereocenters. The van der Waals surface area contributed by atoms with Crippen molar-refractivity contribution in [1.29, 1.82) is 0 Å². The molecule has 0 spiro atoms. The Hall–Kier alpha value is -0.680. The van der Waals surface area contributed by atoms with Crippen molar-refractivity contribution in [3.8, 4) is 0 Å². The highest BCUT2D eigenvalue weighted by Gasteiger charge is 2.07. The SMILES string of the molecule is CNc1nc(SC)nc(Cl)c1N. The van der Waals surface area contributed by atoms with Gasteiger partial charge in [0.2, 0.25) is 0 Å². The maximum absolute atomic E-state index is 5.75. The van der Waals surface area contributed by atoms with Gasteiger partial charge in [0.25, 0.3) is 0 Å². The van der Waals surface area contributed by atoms with Crippen LogP contribution in [0.15, 0.2) is 5.16 Å². The molecular formula is C6H9ClN4S. The fourth-order valence-electron chi connectivity index (χ4n) is 0.705. The molecule has 0 unspecified atom stereocenters. The molecule has 12 heavy (non-hydrogen) atoms. The fraction of sp³-hybridized carbons (Fsp3) is 0.333. The van der Waals surface area contributed by atoms with Gasteiger partial charge in [-0.15, -0.1) is 0 Å². The van der Waals surface area contributed by atoms with E-state index in [-0.39, 0.29) is 0 Å². The van der Waals surface area contributed by atoms with Crippen LogP contribution in [0.1, 0.15) is 0 Å². The second-order valence-corrected chi connectivity index (χ2v) is 3.14. The molecule has 1 aromatic heterocycles. The Balaban J connectivity index is 3.19. The summed E-state index contributed by atoms with van der Waals surface area (Å²) in [6, 6.07) is 0. The zero-order chi connectivity index (χ0) is 9.14. The van der Waals surface area contributed by atoms with Gasteiger partial charge < -0.3 is 11.1 Å². The van der Waals surface area contributed by atoms with Crippen molar-refractivity contribution < 1.29 is 0 Å². The number of nitrogens with zero attached hydrogens (tertiary/aromatic N) is 2. The topological polar surface area (TPSA) is 63.8 Å². The number of nitrogens with one attached hydrogen (secondary N) is 1. The van der Waals surface area contributed by atoms with Crippen molar-refractivity contribution in [1.82, 2.24) is 9.97 Å². The summed E-state index contributed by atoms with van der Waals surface area (Å²) in [7, 11) is 1.74. The Morgan fingerprint density at radius 1 is 1.50 bits per heavy atom. The molecule has 6 heteroatoms. The number of nitrogens with two attached hydrogens (primary N) is 1. The van der Waals surface area contributed by atoms with E-state index in [9.17, 15) is 0 Å². The van der Waals surface area contributed by atoms with Crippen LogP contribution in [0, 0.1) is 0 Å². The molecular weight excluding hydrogens is 196 g/mol. The number of halogens is 1. The Morgan fingerprint density at radius 3 is 2.67 bits per heavy atom. The van der Waals surface area contributed by atoms with Crippen molar-refractivity contribution in [2.24, 2.45) is 0 Å². The van der Waals surface area contributed by atoms with Gasteiger partial charge in [-0.1, -0.05) is 23.4 Å². The van der Waals surface area contributed by atoms with Gasteiger partial charge in [-0.2, -0.15) is 0 Å². The third kappa shape index (κ3) is 1.73. The summed E-state index contributed by atoms with van der Waals surface area (Å²) in [6.45, 7) is 0. The molecule has 4 nitrogen and oxygen atoms in total. The van der Waals surface area contributed by atoms with Crippen LogP contribution >= 0.6 is 23.4 Å². The first kappa shape index (κ1) is 9.41. The molecule has 1 rings (SSSR count). The molecule has 0 amide bonds. The molecule has 0 saturated carbocycles. The Labute approximate surface area is 79.9 Å². The quantitative estimate of drug-likeness (QED) is 0.434. The summed E-state index contributed by atoms with van der Waals surface area (Å²) in [5.74, 6) is 0.569. The van der Waals surface area contributed by atoms with Crippen molar-refractivity contribution in [3.05, 3.63) is 5.15 Å². The van der Waals surface area contributed by atoms with Crippen LogP contribution in [-0.4, -0.2) is 23.3 Å². The summed E-state index contributed by atoms with van der Waals surface area (Å²) in [6.07, 6.45) is 1.88. The lowest BCUT2D eigenvalue weighted by atomic mass is 10.5. The van der Waals surface area contributed by atoms with E-state index in [1.165, 1.54) is 11.8 Å². The molecule has 66 valence electrons. The Bertz CT molecular complexity index is 291. The van der Waals surface area contributed by atoms with Crippen molar-refractivity contribution in [2.45, 2.75) is 5.16 Å². The van der Waals surface area contributed by atoms with Crippen LogP contribution in [0.4, 0.5) is 11.5 Å². The predicted octanol–water partition coefficient (Wildman–Crippen LogP) is 1.48. The first-order valence-electron chi connectivity index (χ1n) is 3.23. The number of hydrogen-bond donors (Lipinski definition) is 2. The fourth-order valence-corrected chi connectivity index (χ4v) is 1.29. The largest absolute Gasteiger partial charge is 0.393 e. The minimum atomic E-state index is 0.290. The summed E-state index contributed by atoms with van der Waals surface area (Å²) < 4.78 is 0. The molecule has 1 heterocycles. The molecule has 0 aliphatic carbocycles. The number of aromatic nitrogens is 2. The highest BCUT2D eigenvalue weighted by Crippen LogP contribution is 2.25. The van der Waals surface area contributed by atoms with E-state index in [1.807, 2.05) is 6.26 Å². The average molecular weight is 205 g/mol. The molecule has 0 radical (unpaired) electrons. The smallest absolute Gasteiger partial charge is 0.190 e. The first-order valence-corrected chi connectivity index (χ1v) is 4.84. The monoisotopic (exact) mass is 204 g/mol. The van der Waals surface area contributed by atoms with Crippen molar-refractivity contribution in [3.63, 3.8) is 0 Å². The molecule has 3 N–H and O–H groups in total. The van der Waals surface area contributed by atoms with Crippen LogP contribution in [0.5, 0.6) is 0 Å². The molecule has 0 aliphatic heterocycles. The number of thioether (sulfide) groups is 1. The molecule has 0 fully saturated rings. The lowest BCUT2D eigenvalue weighted by molar-refractivity contribution is 0.977. The third-order valence-electron chi connectivity index (χ3n) is 1.30. The number of anilines is 2. The van der Waals surface area contributed by atoms with E-state index in [2.05, 4.69) is 15.3 Å². The lowest BCUT2D eigenvalue weighted by Crippen LogP contribution is -2.02. The number of hydrogen-bond acceptors (Lipinski definition) is 5. The van der Waals surface area contributed by atoms with E-state index in [4.69, 9.17) is 17.3 Å². The Morgan fingerprint density at radius 2 is 2.17 bits per heavy atom. The summed E-state index contributed by atoms with van der Waals surface area (Å²) in [5.41, 5.74) is 5.97. The minimum Gasteiger partial charge on any atom is -0.393 e. The standard InChI is InChI=1S/C6H9ClN4S/c1-9-5-3(8)4(7)10-6(11-5)12-2/h8H2,1-2H3,(H,9,10,11). The minimum absolute atomic E-state index is 0.290. The zero-order valence-corrected chi connectivity index (χ0v) is 8.33. The molecule has 1 aromatic rings. The molecule has 0 bridgehead atoms. The van der Waals surface area contributed by atoms with E-state index >= 15 is 0 Å². The first-order chi connectivity index (χ1) is 5.69. The van der Waals surface area contributed by atoms with Crippen LogP contribution in [0.2, 0.25) is 5.15 Å². The lowest BCUT2D eigenvalue weighted by Gasteiger charge is -2.05. The van der Waals surface area contributed by atoms with E-state index < -0.39 is 0 Å². The number of rotatable bonds is 2. The maximum atomic E-state index is 5.75. The van der Waals surface area contributed by atoms with Gasteiger partial charge in [-0.05, 0) is 6.26 Å². The third-order valence-corrected chi connectivity index (χ3v) is 2.13. The van der Waals surface area contributed by atoms with Gasteiger partial charge in [0, 0.05) is 7.05 Å². The van der Waals surface area contributed by atoms with Crippen molar-refractivity contribution in [2.75, 3.05) is 24.4 Å². The van der Waals surface area contributed by atoms with Crippen molar-refractivity contribution >= 4 is 34.9 Å². The second kappa shape index (κ2) is 3.82. The van der Waals surface area contributed by atoms with Crippen LogP contribution in [0.25, 0.3) is 0 Å². The highest BCUT2D eigenvalue weighted by atomic mass is 35.5. The second-order valence-electron chi connectivity index (χ2n) is 2.01. The maximum Gasteiger partial charge on any atom is 0.190 e. The normalized spacial score (nSPS) is 9.92. The summed E-state index contributed by atoms with van der Waals surface area (Å²) in [4.78, 5) is 8.05. The Kier molecular flexibility index (Phi) is 2.99. The van der Waals surface area contributed by atoms with Crippen LogP contribution in [-0.2, 0) is 0 Å². The van der Waals surface area contributed by atoms with Crippen LogP contribution < -0.4 is 11.1 Å². The highest BCUT2D eigenvalue weighted by molar-refractivity contribution is 7.98. The molecule has 0 aromatic carbocycles. The van der Waals surface area contributed by atoms with Gasteiger partial charge in [0.15, 0.2) is 16.1 Å². The van der Waals surface area contributed by atoms with Gasteiger partial charge in [0.1, 0.15) is 5.69 Å². The van der Waals surface area contributed by atoms with Gasteiger partial charge in [-0.3, -0.25) is 0 Å². The summed E-state index contributed by atoms with van der Waals surface area (Å²) >= 11 is 7.17. The molecule has 0 saturated heterocycles. The zero-order valence-electron chi connectivity index (χ0n) is 6.76. The van der Waals surface area contributed by atoms with E-state index in [0.717, 1.165) is 0 Å². The van der Waals surface area contributed by atoms with E-state index in [1.54, 1.807) is 7.05 Å². The average Bonchev–Trinajstić information content (AvgIpc) is 2.09. The van der Waals surface area contributed by atoms with Gasteiger partial charge >= 0.3 is 0 Å². The van der Waals surface area contributed by atoms with Gasteiger partial charge in [-0.25, -0.2) is 9.97 Å². The predicted molar refractivity (Wildman–Crippen MR) is 52.8 cm³/mol. The van der Waals surface area contributed by atoms with Crippen LogP contribution in [0.3, 0.4) is 0 Å². The molecule has 0 aliphatic rings. The van der Waals surface area contributed by atoms with E-state index in [0.29, 0.717) is 21.8 Å².